The van der Waals surface area contributed by atoms with Gasteiger partial charge >= 0.3 is 11.9 Å². The molecule has 2 aliphatic rings. The van der Waals surface area contributed by atoms with Crippen LogP contribution in [0, 0.1) is 0 Å². The Hall–Kier alpha value is -2.36. The first-order valence-corrected chi connectivity index (χ1v) is 11.3. The van der Waals surface area contributed by atoms with E-state index in [1.165, 1.54) is 6.07 Å². The number of alkyl halides is 3. The minimum absolute atomic E-state index is 0.0931. The standard InChI is InChI=1S/C22H20Cl2F3N3O3/c23-15-8-19-20(9-16(15)24)33-14(11-32-19)10-29-5-3-13(4-6-29)30-18-2-1-12(22(25,26)27)7-17(18)28-21(30)31/h1-2,7-9,13-14H,3-6,10-11H2,(H,28,31). The summed E-state index contributed by atoms with van der Waals surface area (Å²) >= 11 is 12.1. The van der Waals surface area contributed by atoms with E-state index in [2.05, 4.69) is 9.88 Å². The van der Waals surface area contributed by atoms with Gasteiger partial charge in [0.2, 0.25) is 0 Å². The van der Waals surface area contributed by atoms with Crippen LogP contribution in [0.3, 0.4) is 0 Å². The van der Waals surface area contributed by atoms with Gasteiger partial charge in [0, 0.05) is 37.8 Å². The van der Waals surface area contributed by atoms with Gasteiger partial charge in [-0.05, 0) is 31.0 Å². The van der Waals surface area contributed by atoms with Gasteiger partial charge in [0.05, 0.1) is 26.6 Å². The number of nitrogens with one attached hydrogen (secondary N) is 1. The van der Waals surface area contributed by atoms with Gasteiger partial charge in [-0.2, -0.15) is 13.2 Å². The first-order chi connectivity index (χ1) is 15.7. The fourth-order valence-electron chi connectivity index (χ4n) is 4.52. The molecule has 0 spiro atoms. The molecule has 2 aromatic carbocycles. The maximum absolute atomic E-state index is 13.0. The van der Waals surface area contributed by atoms with Crippen molar-refractivity contribution in [2.75, 3.05) is 26.2 Å². The van der Waals surface area contributed by atoms with Crippen molar-refractivity contribution >= 4 is 34.2 Å². The summed E-state index contributed by atoms with van der Waals surface area (Å²) in [6.07, 6.45) is -3.25. The molecule has 0 saturated carbocycles. The lowest BCUT2D eigenvalue weighted by Gasteiger charge is -2.36. The highest BCUT2D eigenvalue weighted by Crippen LogP contribution is 2.39. The SMILES string of the molecule is O=c1[nH]c2cc(C(F)(F)F)ccc2n1C1CCN(CC2COc3cc(Cl)c(Cl)cc3O2)CC1. The largest absolute Gasteiger partial charge is 0.486 e. The van der Waals surface area contributed by atoms with Gasteiger partial charge in [-0.15, -0.1) is 0 Å². The number of likely N-dealkylation sites (tertiary alicyclic amines) is 1. The lowest BCUT2D eigenvalue weighted by molar-refractivity contribution is -0.137. The van der Waals surface area contributed by atoms with Crippen molar-refractivity contribution in [1.82, 2.24) is 14.5 Å². The Morgan fingerprint density at radius 1 is 1.06 bits per heavy atom. The zero-order valence-electron chi connectivity index (χ0n) is 17.3. The Balaban J connectivity index is 1.24. The maximum Gasteiger partial charge on any atom is 0.416 e. The molecule has 1 fully saturated rings. The van der Waals surface area contributed by atoms with Crippen molar-refractivity contribution in [3.8, 4) is 11.5 Å². The number of H-pyrrole nitrogens is 1. The van der Waals surface area contributed by atoms with Crippen LogP contribution >= 0.6 is 23.2 Å². The number of imidazole rings is 1. The van der Waals surface area contributed by atoms with E-state index in [9.17, 15) is 18.0 Å². The molecular weight excluding hydrogens is 482 g/mol. The topological polar surface area (TPSA) is 59.5 Å². The highest BCUT2D eigenvalue weighted by Gasteiger charge is 2.32. The first-order valence-electron chi connectivity index (χ1n) is 10.5. The molecule has 1 saturated heterocycles. The average molecular weight is 502 g/mol. The highest BCUT2D eigenvalue weighted by atomic mass is 35.5. The molecule has 33 heavy (non-hydrogen) atoms. The molecule has 11 heteroatoms. The van der Waals surface area contributed by atoms with Crippen molar-refractivity contribution < 1.29 is 22.6 Å². The summed E-state index contributed by atoms with van der Waals surface area (Å²) in [6.45, 7) is 2.47. The number of fused-ring (bicyclic) bond motifs is 2. The Morgan fingerprint density at radius 3 is 2.45 bits per heavy atom. The fraction of sp³-hybridized carbons (Fsp3) is 0.409. The Morgan fingerprint density at radius 2 is 1.76 bits per heavy atom. The molecule has 1 unspecified atom stereocenters. The van der Waals surface area contributed by atoms with E-state index in [-0.39, 0.29) is 23.4 Å². The Bertz CT molecular complexity index is 1250. The second kappa shape index (κ2) is 8.45. The highest BCUT2D eigenvalue weighted by molar-refractivity contribution is 6.42. The summed E-state index contributed by atoms with van der Waals surface area (Å²) in [6, 6.07) is 6.55. The molecule has 0 radical (unpaired) electrons. The summed E-state index contributed by atoms with van der Waals surface area (Å²) in [7, 11) is 0. The summed E-state index contributed by atoms with van der Waals surface area (Å²) in [5, 5.41) is 0.800. The molecule has 6 nitrogen and oxygen atoms in total. The van der Waals surface area contributed by atoms with Crippen molar-refractivity contribution in [1.29, 1.82) is 0 Å². The predicted octanol–water partition coefficient (Wildman–Crippen LogP) is 5.13. The van der Waals surface area contributed by atoms with E-state index in [0.717, 1.165) is 25.2 Å². The van der Waals surface area contributed by atoms with Crippen molar-refractivity contribution in [3.05, 3.63) is 56.4 Å². The van der Waals surface area contributed by atoms with Crippen LogP contribution in [0.2, 0.25) is 10.0 Å². The normalized spacial score (nSPS) is 19.8. The van der Waals surface area contributed by atoms with E-state index in [0.29, 0.717) is 53.1 Å². The van der Waals surface area contributed by atoms with Crippen LogP contribution in [0.1, 0.15) is 24.4 Å². The summed E-state index contributed by atoms with van der Waals surface area (Å²) in [5.74, 6) is 1.12. The van der Waals surface area contributed by atoms with Gasteiger partial charge in [-0.25, -0.2) is 4.79 Å². The number of nitrogens with zero attached hydrogens (tertiary/aromatic N) is 2. The molecule has 0 bridgehead atoms. The van der Waals surface area contributed by atoms with Gasteiger partial charge in [0.25, 0.3) is 0 Å². The third kappa shape index (κ3) is 4.41. The maximum atomic E-state index is 13.0. The lowest BCUT2D eigenvalue weighted by atomic mass is 10.0. The van der Waals surface area contributed by atoms with Crippen molar-refractivity contribution in [2.45, 2.75) is 31.2 Å². The van der Waals surface area contributed by atoms with E-state index >= 15 is 0 Å². The molecule has 5 rings (SSSR count). The number of aromatic amines is 1. The van der Waals surface area contributed by atoms with Gasteiger partial charge < -0.3 is 14.5 Å². The predicted molar refractivity (Wildman–Crippen MR) is 119 cm³/mol. The quantitative estimate of drug-likeness (QED) is 0.540. The molecule has 3 aromatic rings. The van der Waals surface area contributed by atoms with E-state index in [4.69, 9.17) is 32.7 Å². The van der Waals surface area contributed by atoms with Crippen LogP contribution in [0.4, 0.5) is 13.2 Å². The van der Waals surface area contributed by atoms with Crippen LogP contribution in [0.25, 0.3) is 11.0 Å². The molecule has 0 aliphatic carbocycles. The van der Waals surface area contributed by atoms with E-state index in [1.54, 1.807) is 16.7 Å². The number of aromatic nitrogens is 2. The molecule has 3 heterocycles. The van der Waals surface area contributed by atoms with Crippen LogP contribution in [-0.4, -0.2) is 46.8 Å². The number of benzene rings is 2. The van der Waals surface area contributed by atoms with Gasteiger partial charge in [0.1, 0.15) is 12.7 Å². The van der Waals surface area contributed by atoms with Crippen molar-refractivity contribution in [3.63, 3.8) is 0 Å². The first kappa shape index (κ1) is 22.4. The minimum atomic E-state index is -4.46. The zero-order chi connectivity index (χ0) is 23.3. The molecular formula is C22H20Cl2F3N3O3. The Labute approximate surface area is 196 Å². The third-order valence-corrected chi connectivity index (χ3v) is 6.86. The van der Waals surface area contributed by atoms with Crippen LogP contribution in [-0.2, 0) is 6.18 Å². The lowest BCUT2D eigenvalue weighted by Crippen LogP contribution is -2.45. The number of hydrogen-bond donors (Lipinski definition) is 1. The van der Waals surface area contributed by atoms with Gasteiger partial charge in [-0.3, -0.25) is 9.47 Å². The smallest absolute Gasteiger partial charge is 0.416 e. The number of hydrogen-bond acceptors (Lipinski definition) is 4. The molecule has 176 valence electrons. The van der Waals surface area contributed by atoms with Crippen LogP contribution < -0.4 is 15.2 Å². The summed E-state index contributed by atoms with van der Waals surface area (Å²) < 4.78 is 52.4. The molecule has 1 atom stereocenters. The summed E-state index contributed by atoms with van der Waals surface area (Å²) in [4.78, 5) is 17.3. The van der Waals surface area contributed by atoms with E-state index in [1.807, 2.05) is 0 Å². The van der Waals surface area contributed by atoms with Gasteiger partial charge in [0.15, 0.2) is 11.5 Å². The van der Waals surface area contributed by atoms with Gasteiger partial charge in [-0.1, -0.05) is 23.2 Å². The Kier molecular flexibility index (Phi) is 5.74. The molecule has 0 amide bonds. The summed E-state index contributed by atoms with van der Waals surface area (Å²) in [5.41, 5.74) is -0.484. The second-order valence-corrected chi connectivity index (χ2v) is 9.14. The molecule has 1 N–H and O–H groups in total. The monoisotopic (exact) mass is 501 g/mol. The number of rotatable bonds is 3. The zero-order valence-corrected chi connectivity index (χ0v) is 18.8. The minimum Gasteiger partial charge on any atom is -0.486 e. The number of piperidine rings is 1. The van der Waals surface area contributed by atoms with Crippen LogP contribution in [0.15, 0.2) is 35.1 Å². The number of halogens is 5. The molecule has 1 aromatic heterocycles. The number of ether oxygens (including phenoxy) is 2. The second-order valence-electron chi connectivity index (χ2n) is 8.33. The fourth-order valence-corrected chi connectivity index (χ4v) is 4.83. The molecule has 2 aliphatic heterocycles. The van der Waals surface area contributed by atoms with Crippen LogP contribution in [0.5, 0.6) is 11.5 Å². The van der Waals surface area contributed by atoms with Crippen molar-refractivity contribution in [2.24, 2.45) is 0 Å². The van der Waals surface area contributed by atoms with E-state index < -0.39 is 11.7 Å². The third-order valence-electron chi connectivity index (χ3n) is 6.13. The average Bonchev–Trinajstić information content (AvgIpc) is 3.10.